The van der Waals surface area contributed by atoms with E-state index in [0.717, 1.165) is 28.0 Å². The monoisotopic (exact) mass is 264 g/mol. The smallest absolute Gasteiger partial charge is 0.127 e. The first-order chi connectivity index (χ1) is 8.47. The molecule has 1 N–H and O–H groups in total. The van der Waals surface area contributed by atoms with Crippen molar-refractivity contribution in [3.05, 3.63) is 46.0 Å². The van der Waals surface area contributed by atoms with Crippen LogP contribution in [0.15, 0.2) is 24.3 Å². The zero-order valence-corrected chi connectivity index (χ0v) is 11.6. The minimum absolute atomic E-state index is 0.225. The number of hydrogen-bond donors (Lipinski definition) is 1. The Bertz CT molecular complexity index is 610. The highest BCUT2D eigenvalue weighted by atomic mass is 32.1. The first-order valence-electron chi connectivity index (χ1n) is 6.05. The summed E-state index contributed by atoms with van der Waals surface area (Å²) in [5.74, 6) is 0.345. The zero-order valence-electron chi connectivity index (χ0n) is 10.8. The van der Waals surface area contributed by atoms with E-state index in [1.165, 1.54) is 12.1 Å². The zero-order chi connectivity index (χ0) is 13.3. The van der Waals surface area contributed by atoms with Gasteiger partial charge in [-0.25, -0.2) is 9.07 Å². The van der Waals surface area contributed by atoms with Crippen LogP contribution in [0, 0.1) is 23.3 Å². The number of aromatic amines is 1. The number of aromatic nitrogens is 2. The average molecular weight is 264 g/mol. The SMILES string of the molecule is Cc1cc(F)ccc1-n1[nH]c(CC(C)C)cc1=S. The van der Waals surface area contributed by atoms with Gasteiger partial charge in [0.1, 0.15) is 10.5 Å². The predicted molar refractivity (Wildman–Crippen MR) is 74.2 cm³/mol. The van der Waals surface area contributed by atoms with Crippen molar-refractivity contribution in [2.45, 2.75) is 27.2 Å². The standard InChI is InChI=1S/C14H17FN2S/c1-9(2)6-12-8-14(18)17(16-12)13-5-4-11(15)7-10(13)3/h4-5,7-9,16H,6H2,1-3H3. The van der Waals surface area contributed by atoms with Gasteiger partial charge < -0.3 is 0 Å². The second kappa shape index (κ2) is 5.06. The van der Waals surface area contributed by atoms with Gasteiger partial charge in [0.2, 0.25) is 0 Å². The Hall–Kier alpha value is -1.42. The van der Waals surface area contributed by atoms with E-state index in [-0.39, 0.29) is 5.82 Å². The Kier molecular flexibility index (Phi) is 3.66. The molecule has 0 aliphatic heterocycles. The Labute approximate surface area is 111 Å². The molecule has 0 aliphatic carbocycles. The lowest BCUT2D eigenvalue weighted by Crippen LogP contribution is -2.01. The van der Waals surface area contributed by atoms with Crippen molar-refractivity contribution in [1.29, 1.82) is 0 Å². The molecule has 2 nitrogen and oxygen atoms in total. The topological polar surface area (TPSA) is 20.7 Å². The van der Waals surface area contributed by atoms with Crippen LogP contribution in [-0.4, -0.2) is 9.78 Å². The van der Waals surface area contributed by atoms with Crippen molar-refractivity contribution in [2.75, 3.05) is 0 Å². The molecule has 1 aromatic heterocycles. The van der Waals surface area contributed by atoms with E-state index in [1.807, 2.05) is 17.7 Å². The summed E-state index contributed by atoms with van der Waals surface area (Å²) in [6.07, 6.45) is 0.955. The van der Waals surface area contributed by atoms with Crippen molar-refractivity contribution in [2.24, 2.45) is 5.92 Å². The fourth-order valence-corrected chi connectivity index (χ4v) is 2.32. The molecular formula is C14H17FN2S. The van der Waals surface area contributed by atoms with E-state index in [0.29, 0.717) is 5.92 Å². The van der Waals surface area contributed by atoms with Crippen LogP contribution in [0.5, 0.6) is 0 Å². The van der Waals surface area contributed by atoms with Crippen molar-refractivity contribution >= 4 is 12.2 Å². The molecule has 2 aromatic rings. The van der Waals surface area contributed by atoms with Gasteiger partial charge in [0, 0.05) is 5.69 Å². The molecule has 0 unspecified atom stereocenters. The maximum Gasteiger partial charge on any atom is 0.127 e. The van der Waals surface area contributed by atoms with Crippen molar-refractivity contribution in [3.8, 4) is 5.69 Å². The van der Waals surface area contributed by atoms with Crippen molar-refractivity contribution in [1.82, 2.24) is 9.78 Å². The van der Waals surface area contributed by atoms with E-state index in [4.69, 9.17) is 12.2 Å². The molecular weight excluding hydrogens is 247 g/mol. The van der Waals surface area contributed by atoms with Crippen LogP contribution in [0.1, 0.15) is 25.1 Å². The van der Waals surface area contributed by atoms with Gasteiger partial charge in [-0.05, 0) is 49.1 Å². The number of halogens is 1. The molecule has 1 aromatic carbocycles. The third kappa shape index (κ3) is 2.70. The summed E-state index contributed by atoms with van der Waals surface area (Å²) < 4.78 is 15.7. The first-order valence-corrected chi connectivity index (χ1v) is 6.45. The maximum absolute atomic E-state index is 13.1. The van der Waals surface area contributed by atoms with Gasteiger partial charge >= 0.3 is 0 Å². The normalized spacial score (nSPS) is 11.2. The Morgan fingerprint density at radius 1 is 1.33 bits per heavy atom. The van der Waals surface area contributed by atoms with Gasteiger partial charge in [-0.3, -0.25) is 5.10 Å². The van der Waals surface area contributed by atoms with Gasteiger partial charge in [-0.2, -0.15) is 0 Å². The number of nitrogens with one attached hydrogen (secondary N) is 1. The highest BCUT2D eigenvalue weighted by molar-refractivity contribution is 7.71. The lowest BCUT2D eigenvalue weighted by atomic mass is 10.1. The Balaban J connectivity index is 2.44. The van der Waals surface area contributed by atoms with Crippen LogP contribution in [0.4, 0.5) is 4.39 Å². The first kappa shape index (κ1) is 13.0. The quantitative estimate of drug-likeness (QED) is 0.825. The molecule has 2 rings (SSSR count). The van der Waals surface area contributed by atoms with E-state index in [9.17, 15) is 4.39 Å². The second-order valence-electron chi connectivity index (χ2n) is 4.98. The Morgan fingerprint density at radius 3 is 2.67 bits per heavy atom. The number of H-pyrrole nitrogens is 1. The summed E-state index contributed by atoms with van der Waals surface area (Å²) in [7, 11) is 0. The van der Waals surface area contributed by atoms with Gasteiger partial charge in [0.15, 0.2) is 0 Å². The maximum atomic E-state index is 13.1. The van der Waals surface area contributed by atoms with Crippen LogP contribution in [0.25, 0.3) is 5.69 Å². The molecule has 18 heavy (non-hydrogen) atoms. The summed E-state index contributed by atoms with van der Waals surface area (Å²) in [5.41, 5.74) is 2.87. The Morgan fingerprint density at radius 2 is 2.06 bits per heavy atom. The summed E-state index contributed by atoms with van der Waals surface area (Å²) in [4.78, 5) is 0. The van der Waals surface area contributed by atoms with Gasteiger partial charge in [-0.15, -0.1) is 0 Å². The fraction of sp³-hybridized carbons (Fsp3) is 0.357. The van der Waals surface area contributed by atoms with E-state index in [2.05, 4.69) is 18.9 Å². The molecule has 96 valence electrons. The molecule has 0 aliphatic rings. The number of benzene rings is 1. The van der Waals surface area contributed by atoms with Crippen LogP contribution >= 0.6 is 12.2 Å². The largest absolute Gasteiger partial charge is 0.297 e. The molecule has 0 amide bonds. The predicted octanol–water partition coefficient (Wildman–Crippen LogP) is 4.18. The minimum atomic E-state index is -0.225. The molecule has 0 spiro atoms. The van der Waals surface area contributed by atoms with Gasteiger partial charge in [0.05, 0.1) is 5.69 Å². The number of hydrogen-bond acceptors (Lipinski definition) is 1. The third-order valence-corrected chi connectivity index (χ3v) is 3.10. The number of rotatable bonds is 3. The van der Waals surface area contributed by atoms with Crippen LogP contribution in [-0.2, 0) is 6.42 Å². The molecule has 4 heteroatoms. The van der Waals surface area contributed by atoms with Crippen molar-refractivity contribution < 1.29 is 4.39 Å². The van der Waals surface area contributed by atoms with E-state index < -0.39 is 0 Å². The fourth-order valence-electron chi connectivity index (χ4n) is 2.04. The highest BCUT2D eigenvalue weighted by Gasteiger charge is 2.07. The average Bonchev–Trinajstić information content (AvgIpc) is 2.58. The van der Waals surface area contributed by atoms with Crippen LogP contribution in [0.2, 0.25) is 0 Å². The van der Waals surface area contributed by atoms with E-state index in [1.54, 1.807) is 6.07 Å². The summed E-state index contributed by atoms with van der Waals surface area (Å²) in [5, 5.41) is 3.28. The number of nitrogens with zero attached hydrogens (tertiary/aromatic N) is 1. The molecule has 0 fully saturated rings. The van der Waals surface area contributed by atoms with E-state index >= 15 is 0 Å². The van der Waals surface area contributed by atoms with Crippen LogP contribution < -0.4 is 0 Å². The molecule has 0 radical (unpaired) electrons. The minimum Gasteiger partial charge on any atom is -0.297 e. The van der Waals surface area contributed by atoms with Gasteiger partial charge in [0.25, 0.3) is 0 Å². The van der Waals surface area contributed by atoms with Crippen molar-refractivity contribution in [3.63, 3.8) is 0 Å². The molecule has 1 heterocycles. The molecule has 0 saturated heterocycles. The number of aryl methyl sites for hydroxylation is 1. The summed E-state index contributed by atoms with van der Waals surface area (Å²) in [6, 6.07) is 6.68. The molecule has 0 atom stereocenters. The van der Waals surface area contributed by atoms with Crippen LogP contribution in [0.3, 0.4) is 0 Å². The summed E-state index contributed by atoms with van der Waals surface area (Å²) in [6.45, 7) is 6.21. The highest BCUT2D eigenvalue weighted by Crippen LogP contribution is 2.17. The molecule has 0 bridgehead atoms. The third-order valence-electron chi connectivity index (χ3n) is 2.80. The lowest BCUT2D eigenvalue weighted by molar-refractivity contribution is 0.622. The summed E-state index contributed by atoms with van der Waals surface area (Å²) >= 11 is 5.34. The lowest BCUT2D eigenvalue weighted by Gasteiger charge is -2.07. The van der Waals surface area contributed by atoms with Gasteiger partial charge in [-0.1, -0.05) is 26.1 Å². The molecule has 0 saturated carbocycles. The second-order valence-corrected chi connectivity index (χ2v) is 5.40.